The number of rotatable bonds is 3. The molecule has 0 saturated carbocycles. The average molecular weight is 258 g/mol. The number of H-pyrrole nitrogens is 1. The molecule has 0 radical (unpaired) electrons. The van der Waals surface area contributed by atoms with E-state index in [4.69, 9.17) is 4.74 Å². The molecule has 19 heavy (non-hydrogen) atoms. The van der Waals surface area contributed by atoms with Gasteiger partial charge in [-0.25, -0.2) is 0 Å². The molecule has 1 aromatic heterocycles. The lowest BCUT2D eigenvalue weighted by atomic mass is 10.1. The Balaban J connectivity index is 1.75. The highest BCUT2D eigenvalue weighted by atomic mass is 16.5. The molecule has 4 heteroatoms. The Morgan fingerprint density at radius 1 is 1.26 bits per heavy atom. The molecule has 1 atom stereocenters. The largest absolute Gasteiger partial charge is 0.477 e. The molecular weight excluding hydrogens is 240 g/mol. The average Bonchev–Trinajstić information content (AvgIpc) is 2.46. The molecule has 2 aromatic rings. The van der Waals surface area contributed by atoms with Crippen molar-refractivity contribution in [2.75, 3.05) is 13.2 Å². The van der Waals surface area contributed by atoms with Gasteiger partial charge in [-0.1, -0.05) is 24.6 Å². The van der Waals surface area contributed by atoms with Gasteiger partial charge in [-0.3, -0.25) is 9.78 Å². The summed E-state index contributed by atoms with van der Waals surface area (Å²) < 4.78 is 5.72. The van der Waals surface area contributed by atoms with Gasteiger partial charge in [-0.15, -0.1) is 0 Å². The van der Waals surface area contributed by atoms with Crippen LogP contribution in [-0.2, 0) is 0 Å². The Bertz CT molecular complexity index is 615. The second-order valence-electron chi connectivity index (χ2n) is 5.01. The maximum atomic E-state index is 11.9. The zero-order chi connectivity index (χ0) is 13.1. The van der Waals surface area contributed by atoms with Crippen LogP contribution in [0.25, 0.3) is 10.8 Å². The number of piperidine rings is 1. The van der Waals surface area contributed by atoms with Crippen LogP contribution in [0.2, 0.25) is 0 Å². The highest BCUT2D eigenvalue weighted by Gasteiger charge is 2.13. The first kappa shape index (κ1) is 12.2. The van der Waals surface area contributed by atoms with Crippen LogP contribution in [0.3, 0.4) is 0 Å². The minimum Gasteiger partial charge on any atom is -0.477 e. The molecule has 4 nitrogen and oxygen atoms in total. The monoisotopic (exact) mass is 258 g/mol. The van der Waals surface area contributed by atoms with Crippen molar-refractivity contribution < 1.29 is 4.74 Å². The van der Waals surface area contributed by atoms with Crippen molar-refractivity contribution in [3.05, 3.63) is 40.7 Å². The van der Waals surface area contributed by atoms with Gasteiger partial charge in [-0.2, -0.15) is 0 Å². The van der Waals surface area contributed by atoms with E-state index in [9.17, 15) is 4.79 Å². The summed E-state index contributed by atoms with van der Waals surface area (Å²) in [6.07, 6.45) is 3.62. The molecule has 0 bridgehead atoms. The Labute approximate surface area is 111 Å². The third kappa shape index (κ3) is 2.79. The van der Waals surface area contributed by atoms with Gasteiger partial charge in [0.1, 0.15) is 6.61 Å². The molecule has 1 fully saturated rings. The second kappa shape index (κ2) is 5.45. The molecule has 2 heterocycles. The fourth-order valence-electron chi connectivity index (χ4n) is 2.52. The molecule has 1 saturated heterocycles. The lowest BCUT2D eigenvalue weighted by molar-refractivity contribution is 0.232. The smallest absolute Gasteiger partial charge is 0.258 e. The van der Waals surface area contributed by atoms with Crippen LogP contribution in [0.15, 0.2) is 35.1 Å². The number of aromatic nitrogens is 1. The summed E-state index contributed by atoms with van der Waals surface area (Å²) in [5, 5.41) is 5.04. The maximum absolute atomic E-state index is 11.9. The van der Waals surface area contributed by atoms with Crippen LogP contribution in [0.1, 0.15) is 19.3 Å². The van der Waals surface area contributed by atoms with E-state index in [0.717, 1.165) is 18.4 Å². The van der Waals surface area contributed by atoms with Gasteiger partial charge in [0.2, 0.25) is 0 Å². The number of hydrogen-bond acceptors (Lipinski definition) is 3. The molecule has 0 amide bonds. The standard InChI is InChI=1S/C15H18N2O2/c18-15-13-7-2-1-5-11(13)9-14(17-15)19-10-12-6-3-4-8-16-12/h1-2,5,7,9,12,16H,3-4,6,8,10H2,(H,17,18). The van der Waals surface area contributed by atoms with Crippen LogP contribution in [0, 0.1) is 0 Å². The number of ether oxygens (including phenoxy) is 1. The van der Waals surface area contributed by atoms with Gasteiger partial charge >= 0.3 is 0 Å². The van der Waals surface area contributed by atoms with Crippen LogP contribution >= 0.6 is 0 Å². The Morgan fingerprint density at radius 3 is 3.00 bits per heavy atom. The Kier molecular flexibility index (Phi) is 3.51. The summed E-state index contributed by atoms with van der Waals surface area (Å²) in [5.41, 5.74) is -0.0929. The molecule has 0 spiro atoms. The highest BCUT2D eigenvalue weighted by molar-refractivity contribution is 5.82. The summed E-state index contributed by atoms with van der Waals surface area (Å²) >= 11 is 0. The molecule has 0 aliphatic carbocycles. The minimum atomic E-state index is -0.0929. The number of fused-ring (bicyclic) bond motifs is 1. The summed E-state index contributed by atoms with van der Waals surface area (Å²) in [4.78, 5) is 14.7. The molecule has 2 N–H and O–H groups in total. The number of hydrogen-bond donors (Lipinski definition) is 2. The van der Waals surface area contributed by atoms with Crippen molar-refractivity contribution in [1.29, 1.82) is 0 Å². The number of nitrogens with one attached hydrogen (secondary N) is 2. The lowest BCUT2D eigenvalue weighted by Crippen LogP contribution is -2.38. The van der Waals surface area contributed by atoms with E-state index in [1.807, 2.05) is 30.3 Å². The van der Waals surface area contributed by atoms with Crippen molar-refractivity contribution in [2.24, 2.45) is 0 Å². The zero-order valence-corrected chi connectivity index (χ0v) is 10.8. The topological polar surface area (TPSA) is 54.1 Å². The summed E-state index contributed by atoms with van der Waals surface area (Å²) in [6, 6.07) is 9.82. The van der Waals surface area contributed by atoms with Crippen LogP contribution < -0.4 is 15.6 Å². The van der Waals surface area contributed by atoms with Crippen LogP contribution in [-0.4, -0.2) is 24.2 Å². The van der Waals surface area contributed by atoms with Crippen molar-refractivity contribution in [3.8, 4) is 5.88 Å². The molecule has 1 unspecified atom stereocenters. The van der Waals surface area contributed by atoms with E-state index >= 15 is 0 Å². The quantitative estimate of drug-likeness (QED) is 0.886. The van der Waals surface area contributed by atoms with Crippen molar-refractivity contribution in [2.45, 2.75) is 25.3 Å². The van der Waals surface area contributed by atoms with Gasteiger partial charge in [0.15, 0.2) is 5.88 Å². The van der Waals surface area contributed by atoms with E-state index in [-0.39, 0.29) is 5.56 Å². The predicted octanol–water partition coefficient (Wildman–Crippen LogP) is 2.05. The third-order valence-electron chi connectivity index (χ3n) is 3.58. The maximum Gasteiger partial charge on any atom is 0.258 e. The van der Waals surface area contributed by atoms with Crippen LogP contribution in [0.4, 0.5) is 0 Å². The Morgan fingerprint density at radius 2 is 2.16 bits per heavy atom. The van der Waals surface area contributed by atoms with Gasteiger partial charge in [0.25, 0.3) is 5.56 Å². The number of pyridine rings is 1. The Hall–Kier alpha value is -1.81. The second-order valence-corrected chi connectivity index (χ2v) is 5.01. The number of benzene rings is 1. The first-order valence-electron chi connectivity index (χ1n) is 6.81. The van der Waals surface area contributed by atoms with Crippen molar-refractivity contribution in [1.82, 2.24) is 10.3 Å². The zero-order valence-electron chi connectivity index (χ0n) is 10.8. The summed E-state index contributed by atoms with van der Waals surface area (Å²) in [6.45, 7) is 1.66. The SMILES string of the molecule is O=c1[nH]c(OCC2CCCCN2)cc2ccccc12. The van der Waals surface area contributed by atoms with E-state index < -0.39 is 0 Å². The first-order valence-corrected chi connectivity index (χ1v) is 6.81. The molecule has 1 aliphatic rings. The van der Waals surface area contributed by atoms with Crippen LogP contribution in [0.5, 0.6) is 5.88 Å². The minimum absolute atomic E-state index is 0.0929. The summed E-state index contributed by atoms with van der Waals surface area (Å²) in [7, 11) is 0. The predicted molar refractivity (Wildman–Crippen MR) is 75.7 cm³/mol. The normalized spacial score (nSPS) is 19.5. The van der Waals surface area contributed by atoms with E-state index in [1.54, 1.807) is 0 Å². The van der Waals surface area contributed by atoms with Gasteiger partial charge in [0.05, 0.1) is 0 Å². The van der Waals surface area contributed by atoms with Gasteiger partial charge in [-0.05, 0) is 30.8 Å². The van der Waals surface area contributed by atoms with Gasteiger partial charge in [0, 0.05) is 17.5 Å². The molecule has 100 valence electrons. The van der Waals surface area contributed by atoms with Crippen molar-refractivity contribution in [3.63, 3.8) is 0 Å². The fourth-order valence-corrected chi connectivity index (χ4v) is 2.52. The third-order valence-corrected chi connectivity index (χ3v) is 3.58. The highest BCUT2D eigenvalue weighted by Crippen LogP contribution is 2.15. The summed E-state index contributed by atoms with van der Waals surface area (Å²) in [5.74, 6) is 0.552. The fraction of sp³-hybridized carbons (Fsp3) is 0.400. The van der Waals surface area contributed by atoms with E-state index in [2.05, 4.69) is 10.3 Å². The molecule has 3 rings (SSSR count). The molecular formula is C15H18N2O2. The van der Waals surface area contributed by atoms with E-state index in [0.29, 0.717) is 23.9 Å². The molecule has 1 aliphatic heterocycles. The van der Waals surface area contributed by atoms with Gasteiger partial charge < -0.3 is 10.1 Å². The van der Waals surface area contributed by atoms with Crippen molar-refractivity contribution >= 4 is 10.8 Å². The first-order chi connectivity index (χ1) is 9.33. The number of aromatic amines is 1. The molecule has 1 aromatic carbocycles. The van der Waals surface area contributed by atoms with E-state index in [1.165, 1.54) is 12.8 Å². The lowest BCUT2D eigenvalue weighted by Gasteiger charge is -2.23.